The van der Waals surface area contributed by atoms with E-state index in [1.54, 1.807) is 12.3 Å². The van der Waals surface area contributed by atoms with E-state index in [0.717, 1.165) is 0 Å². The van der Waals surface area contributed by atoms with E-state index < -0.39 is 0 Å². The fraction of sp³-hybridized carbons (Fsp3) is 0.294. The number of hydrogen-bond acceptors (Lipinski definition) is 2. The first-order valence-electron chi connectivity index (χ1n) is 7.02. The standard InChI is InChI=1S/C17H18N2O/c1-12-5-7-13(8-6-12)16(14-9-10-14)19-17(20)15-4-2-3-11-18-15/h2-8,11,14,16H,9-10H2,1H3,(H,19,20). The third-order valence-electron chi connectivity index (χ3n) is 3.71. The lowest BCUT2D eigenvalue weighted by atomic mass is 10.0. The van der Waals surface area contributed by atoms with Crippen LogP contribution in [0.3, 0.4) is 0 Å². The molecule has 0 radical (unpaired) electrons. The second kappa shape index (κ2) is 5.45. The van der Waals surface area contributed by atoms with Crippen LogP contribution in [0.15, 0.2) is 48.7 Å². The first kappa shape index (κ1) is 12.9. The molecule has 1 aliphatic carbocycles. The molecular weight excluding hydrogens is 248 g/mol. The van der Waals surface area contributed by atoms with Crippen LogP contribution in [0.2, 0.25) is 0 Å². The van der Waals surface area contributed by atoms with Gasteiger partial charge in [0.25, 0.3) is 5.91 Å². The van der Waals surface area contributed by atoms with Gasteiger partial charge in [0.15, 0.2) is 0 Å². The monoisotopic (exact) mass is 266 g/mol. The topological polar surface area (TPSA) is 42.0 Å². The third-order valence-corrected chi connectivity index (χ3v) is 3.71. The minimum atomic E-state index is -0.0944. The van der Waals surface area contributed by atoms with E-state index in [9.17, 15) is 4.79 Å². The Balaban J connectivity index is 1.78. The Labute approximate surface area is 119 Å². The summed E-state index contributed by atoms with van der Waals surface area (Å²) < 4.78 is 0. The number of aryl methyl sites for hydroxylation is 1. The SMILES string of the molecule is Cc1ccc(C(NC(=O)c2ccccn2)C2CC2)cc1. The molecule has 3 rings (SSSR count). The van der Waals surface area contributed by atoms with E-state index in [1.807, 2.05) is 12.1 Å². The summed E-state index contributed by atoms with van der Waals surface area (Å²) in [5.74, 6) is 0.466. The smallest absolute Gasteiger partial charge is 0.270 e. The fourth-order valence-electron chi connectivity index (χ4n) is 2.39. The molecule has 1 aromatic heterocycles. The highest BCUT2D eigenvalue weighted by atomic mass is 16.1. The highest BCUT2D eigenvalue weighted by Gasteiger charge is 2.33. The van der Waals surface area contributed by atoms with Crippen molar-refractivity contribution < 1.29 is 4.79 Å². The highest BCUT2D eigenvalue weighted by molar-refractivity contribution is 5.92. The van der Waals surface area contributed by atoms with Crippen LogP contribution >= 0.6 is 0 Å². The van der Waals surface area contributed by atoms with Crippen molar-refractivity contribution in [2.45, 2.75) is 25.8 Å². The molecule has 1 unspecified atom stereocenters. The number of hydrogen-bond donors (Lipinski definition) is 1. The summed E-state index contributed by atoms with van der Waals surface area (Å²) in [5, 5.41) is 3.13. The average Bonchev–Trinajstić information content (AvgIpc) is 3.31. The molecule has 1 aliphatic rings. The number of pyridine rings is 1. The molecule has 0 bridgehead atoms. The molecular formula is C17H18N2O. The summed E-state index contributed by atoms with van der Waals surface area (Å²) in [6.07, 6.45) is 4.01. The van der Waals surface area contributed by atoms with Gasteiger partial charge >= 0.3 is 0 Å². The molecule has 1 amide bonds. The van der Waals surface area contributed by atoms with E-state index >= 15 is 0 Å². The van der Waals surface area contributed by atoms with E-state index in [0.29, 0.717) is 11.6 Å². The number of nitrogens with one attached hydrogen (secondary N) is 1. The van der Waals surface area contributed by atoms with E-state index in [4.69, 9.17) is 0 Å². The lowest BCUT2D eigenvalue weighted by Gasteiger charge is -2.18. The van der Waals surface area contributed by atoms with Crippen molar-refractivity contribution in [1.29, 1.82) is 0 Å². The number of aromatic nitrogens is 1. The highest BCUT2D eigenvalue weighted by Crippen LogP contribution is 2.41. The van der Waals surface area contributed by atoms with Gasteiger partial charge in [-0.15, -0.1) is 0 Å². The molecule has 1 fully saturated rings. The lowest BCUT2D eigenvalue weighted by Crippen LogP contribution is -2.30. The van der Waals surface area contributed by atoms with Crippen molar-refractivity contribution >= 4 is 5.91 Å². The number of carbonyl (C=O) groups is 1. The van der Waals surface area contributed by atoms with Gasteiger partial charge in [-0.25, -0.2) is 0 Å². The van der Waals surface area contributed by atoms with Crippen LogP contribution in [0.25, 0.3) is 0 Å². The number of amides is 1. The van der Waals surface area contributed by atoms with Crippen molar-refractivity contribution in [1.82, 2.24) is 10.3 Å². The van der Waals surface area contributed by atoms with Gasteiger partial charge in [-0.1, -0.05) is 35.9 Å². The normalized spacial score (nSPS) is 15.7. The van der Waals surface area contributed by atoms with E-state index in [-0.39, 0.29) is 11.9 Å². The minimum Gasteiger partial charge on any atom is -0.344 e. The molecule has 1 saturated carbocycles. The number of nitrogens with zero attached hydrogens (tertiary/aromatic N) is 1. The van der Waals surface area contributed by atoms with Crippen LogP contribution in [0, 0.1) is 12.8 Å². The summed E-state index contributed by atoms with van der Waals surface area (Å²) in [6.45, 7) is 2.07. The minimum absolute atomic E-state index is 0.0944. The quantitative estimate of drug-likeness (QED) is 0.922. The van der Waals surface area contributed by atoms with Crippen molar-refractivity contribution in [2.24, 2.45) is 5.92 Å². The number of rotatable bonds is 4. The van der Waals surface area contributed by atoms with Crippen LogP contribution in [-0.4, -0.2) is 10.9 Å². The van der Waals surface area contributed by atoms with Crippen molar-refractivity contribution in [3.63, 3.8) is 0 Å². The van der Waals surface area contributed by atoms with Crippen LogP contribution in [0.1, 0.15) is 40.5 Å². The molecule has 3 nitrogen and oxygen atoms in total. The zero-order valence-electron chi connectivity index (χ0n) is 11.5. The molecule has 3 heteroatoms. The van der Waals surface area contributed by atoms with Crippen LogP contribution < -0.4 is 5.32 Å². The molecule has 0 spiro atoms. The van der Waals surface area contributed by atoms with Gasteiger partial charge in [0.2, 0.25) is 0 Å². The maximum atomic E-state index is 12.3. The molecule has 2 aromatic rings. The third kappa shape index (κ3) is 2.87. The Morgan fingerprint density at radius 3 is 2.55 bits per heavy atom. The Bertz CT molecular complexity index is 588. The van der Waals surface area contributed by atoms with E-state index in [1.165, 1.54) is 24.0 Å². The Morgan fingerprint density at radius 2 is 1.95 bits per heavy atom. The van der Waals surface area contributed by atoms with Crippen LogP contribution in [-0.2, 0) is 0 Å². The second-order valence-corrected chi connectivity index (χ2v) is 5.41. The van der Waals surface area contributed by atoms with Crippen molar-refractivity contribution in [3.8, 4) is 0 Å². The molecule has 0 aliphatic heterocycles. The predicted molar refractivity (Wildman–Crippen MR) is 78.3 cm³/mol. The summed E-state index contributed by atoms with van der Waals surface area (Å²) in [7, 11) is 0. The van der Waals surface area contributed by atoms with Gasteiger partial charge < -0.3 is 5.32 Å². The fourth-order valence-corrected chi connectivity index (χ4v) is 2.39. The summed E-state index contributed by atoms with van der Waals surface area (Å²) in [4.78, 5) is 16.4. The zero-order chi connectivity index (χ0) is 13.9. The molecule has 102 valence electrons. The maximum Gasteiger partial charge on any atom is 0.270 e. The number of benzene rings is 1. The van der Waals surface area contributed by atoms with E-state index in [2.05, 4.69) is 41.5 Å². The summed E-state index contributed by atoms with van der Waals surface area (Å²) in [6, 6.07) is 13.9. The van der Waals surface area contributed by atoms with Gasteiger partial charge in [-0.05, 0) is 43.4 Å². The predicted octanol–water partition coefficient (Wildman–Crippen LogP) is 3.27. The largest absolute Gasteiger partial charge is 0.344 e. The van der Waals surface area contributed by atoms with Crippen LogP contribution in [0.4, 0.5) is 0 Å². The second-order valence-electron chi connectivity index (χ2n) is 5.41. The molecule has 20 heavy (non-hydrogen) atoms. The zero-order valence-corrected chi connectivity index (χ0v) is 11.5. The van der Waals surface area contributed by atoms with Gasteiger partial charge in [0.05, 0.1) is 6.04 Å². The average molecular weight is 266 g/mol. The Kier molecular flexibility index (Phi) is 3.50. The van der Waals surface area contributed by atoms with Crippen LogP contribution in [0.5, 0.6) is 0 Å². The number of carbonyl (C=O) groups excluding carboxylic acids is 1. The van der Waals surface area contributed by atoms with Gasteiger partial charge in [-0.3, -0.25) is 9.78 Å². The maximum absolute atomic E-state index is 12.3. The molecule has 1 heterocycles. The van der Waals surface area contributed by atoms with Gasteiger partial charge in [0.1, 0.15) is 5.69 Å². The van der Waals surface area contributed by atoms with Gasteiger partial charge in [-0.2, -0.15) is 0 Å². The molecule has 0 saturated heterocycles. The first-order valence-corrected chi connectivity index (χ1v) is 7.02. The molecule has 1 atom stereocenters. The van der Waals surface area contributed by atoms with Gasteiger partial charge in [0, 0.05) is 6.20 Å². The summed E-state index contributed by atoms with van der Waals surface area (Å²) >= 11 is 0. The lowest BCUT2D eigenvalue weighted by molar-refractivity contribution is 0.0926. The molecule has 1 N–H and O–H groups in total. The van der Waals surface area contributed by atoms with Crippen molar-refractivity contribution in [2.75, 3.05) is 0 Å². The molecule has 1 aromatic carbocycles. The first-order chi connectivity index (χ1) is 9.74. The van der Waals surface area contributed by atoms with Crippen molar-refractivity contribution in [3.05, 3.63) is 65.5 Å². The summed E-state index contributed by atoms with van der Waals surface area (Å²) in [5.41, 5.74) is 2.90. The Morgan fingerprint density at radius 1 is 1.20 bits per heavy atom. The Hall–Kier alpha value is -2.16.